The van der Waals surface area contributed by atoms with E-state index in [1.54, 1.807) is 12.4 Å². The minimum absolute atomic E-state index is 0.549. The van der Waals surface area contributed by atoms with Crippen molar-refractivity contribution in [3.63, 3.8) is 0 Å². The van der Waals surface area contributed by atoms with Gasteiger partial charge in [-0.3, -0.25) is 9.47 Å². The van der Waals surface area contributed by atoms with E-state index in [1.807, 2.05) is 65.4 Å². The first-order valence-electron chi connectivity index (χ1n) is 10.9. The zero-order valence-electron chi connectivity index (χ0n) is 17.8. The minimum Gasteiger partial charge on any atom is -0.492 e. The molecule has 32 heavy (non-hydrogen) atoms. The van der Waals surface area contributed by atoms with Crippen LogP contribution < -0.4 is 4.74 Å². The molecule has 0 fully saturated rings. The molecule has 1 unspecified atom stereocenters. The van der Waals surface area contributed by atoms with Crippen molar-refractivity contribution >= 4 is 0 Å². The van der Waals surface area contributed by atoms with Gasteiger partial charge in [-0.2, -0.15) is 0 Å². The van der Waals surface area contributed by atoms with Crippen molar-refractivity contribution in [2.75, 3.05) is 13.2 Å². The van der Waals surface area contributed by atoms with Gasteiger partial charge in [-0.1, -0.05) is 36.4 Å². The zero-order chi connectivity index (χ0) is 21.8. The molecule has 0 bridgehead atoms. The Bertz CT molecular complexity index is 1160. The molecule has 5 rings (SSSR count). The van der Waals surface area contributed by atoms with E-state index < -0.39 is 6.10 Å². The van der Waals surface area contributed by atoms with Gasteiger partial charge in [0, 0.05) is 55.9 Å². The lowest BCUT2D eigenvalue weighted by Crippen LogP contribution is -2.26. The van der Waals surface area contributed by atoms with Crippen molar-refractivity contribution in [3.8, 4) is 11.7 Å². The molecule has 0 aliphatic carbocycles. The van der Waals surface area contributed by atoms with Crippen molar-refractivity contribution in [1.29, 1.82) is 0 Å². The Morgan fingerprint density at radius 2 is 1.81 bits per heavy atom. The van der Waals surface area contributed by atoms with Crippen LogP contribution in [0.1, 0.15) is 28.5 Å². The lowest BCUT2D eigenvalue weighted by atomic mass is 9.99. The highest BCUT2D eigenvalue weighted by Gasteiger charge is 2.19. The summed E-state index contributed by atoms with van der Waals surface area (Å²) in [6.45, 7) is 2.95. The van der Waals surface area contributed by atoms with Crippen LogP contribution in [0.3, 0.4) is 0 Å². The van der Waals surface area contributed by atoms with Gasteiger partial charge in [0.2, 0.25) is 5.95 Å². The van der Waals surface area contributed by atoms with Crippen LogP contribution in [0, 0.1) is 0 Å². The second-order valence-electron chi connectivity index (χ2n) is 8.05. The number of nitrogens with zero attached hydrogens (tertiary/aromatic N) is 4. The van der Waals surface area contributed by atoms with Crippen molar-refractivity contribution in [2.45, 2.75) is 25.6 Å². The number of hydrogen-bond acceptors (Lipinski definition) is 5. The largest absolute Gasteiger partial charge is 0.492 e. The second kappa shape index (κ2) is 9.34. The van der Waals surface area contributed by atoms with E-state index in [9.17, 15) is 5.11 Å². The molecule has 1 atom stereocenters. The SMILES string of the molecule is OC(Cc1ccccc1)c1ccc2c(c1)CN(Cc1cccn1-c1ncccn1)CCO2. The van der Waals surface area contributed by atoms with Gasteiger partial charge in [0.25, 0.3) is 0 Å². The summed E-state index contributed by atoms with van der Waals surface area (Å²) in [7, 11) is 0. The second-order valence-corrected chi connectivity index (χ2v) is 8.05. The van der Waals surface area contributed by atoms with Crippen LogP contribution in [0.25, 0.3) is 5.95 Å². The Kier molecular flexibility index (Phi) is 5.96. The maximum absolute atomic E-state index is 10.8. The molecular weight excluding hydrogens is 400 g/mol. The number of hydrogen-bond donors (Lipinski definition) is 1. The first-order chi connectivity index (χ1) is 15.8. The maximum Gasteiger partial charge on any atom is 0.233 e. The fourth-order valence-corrected chi connectivity index (χ4v) is 4.15. The summed E-state index contributed by atoms with van der Waals surface area (Å²) in [6, 6.07) is 22.1. The van der Waals surface area contributed by atoms with Crippen LogP contribution in [-0.2, 0) is 19.5 Å². The van der Waals surface area contributed by atoms with E-state index in [0.29, 0.717) is 19.0 Å². The monoisotopic (exact) mass is 426 g/mol. The van der Waals surface area contributed by atoms with E-state index in [4.69, 9.17) is 4.74 Å². The molecule has 6 nitrogen and oxygen atoms in total. The van der Waals surface area contributed by atoms with E-state index in [1.165, 1.54) is 0 Å². The summed E-state index contributed by atoms with van der Waals surface area (Å²) in [6.07, 6.45) is 5.54. The van der Waals surface area contributed by atoms with Gasteiger partial charge in [-0.15, -0.1) is 0 Å². The molecule has 3 heterocycles. The van der Waals surface area contributed by atoms with Gasteiger partial charge in [0.05, 0.1) is 6.10 Å². The number of aliphatic hydroxyl groups is 1. The number of aliphatic hydroxyl groups excluding tert-OH is 1. The Balaban J connectivity index is 1.33. The summed E-state index contributed by atoms with van der Waals surface area (Å²) in [5, 5.41) is 10.8. The molecule has 4 aromatic rings. The Labute approximate surface area is 187 Å². The lowest BCUT2D eigenvalue weighted by molar-refractivity contribution is 0.178. The zero-order valence-corrected chi connectivity index (χ0v) is 17.8. The number of fused-ring (bicyclic) bond motifs is 1. The van der Waals surface area contributed by atoms with Crippen molar-refractivity contribution < 1.29 is 9.84 Å². The van der Waals surface area contributed by atoms with Crippen LogP contribution >= 0.6 is 0 Å². The van der Waals surface area contributed by atoms with Gasteiger partial charge >= 0.3 is 0 Å². The highest BCUT2D eigenvalue weighted by atomic mass is 16.5. The highest BCUT2D eigenvalue weighted by molar-refractivity contribution is 5.39. The van der Waals surface area contributed by atoms with Gasteiger partial charge in [-0.25, -0.2) is 9.97 Å². The lowest BCUT2D eigenvalue weighted by Gasteiger charge is -2.20. The van der Waals surface area contributed by atoms with Crippen molar-refractivity contribution in [2.24, 2.45) is 0 Å². The van der Waals surface area contributed by atoms with Crippen LogP contribution in [0.15, 0.2) is 85.3 Å². The number of benzene rings is 2. The van der Waals surface area contributed by atoms with Gasteiger partial charge in [-0.05, 0) is 41.5 Å². The molecule has 0 saturated carbocycles. The molecule has 0 radical (unpaired) electrons. The quantitative estimate of drug-likeness (QED) is 0.506. The summed E-state index contributed by atoms with van der Waals surface area (Å²) in [5.74, 6) is 1.57. The standard InChI is InChI=1S/C26H26N4O2/c31-24(16-20-6-2-1-3-7-20)21-9-10-25-22(17-21)18-29(14-15-32-25)19-23-8-4-13-30(23)26-27-11-5-12-28-26/h1-13,17,24,31H,14-16,18-19H2. The summed E-state index contributed by atoms with van der Waals surface area (Å²) in [4.78, 5) is 11.1. The van der Waals surface area contributed by atoms with Crippen LogP contribution in [0.4, 0.5) is 0 Å². The first-order valence-corrected chi connectivity index (χ1v) is 10.9. The third kappa shape index (κ3) is 4.56. The third-order valence-corrected chi connectivity index (χ3v) is 5.79. The topological polar surface area (TPSA) is 63.4 Å². The third-order valence-electron chi connectivity index (χ3n) is 5.79. The van der Waals surface area contributed by atoms with E-state index in [2.05, 4.69) is 27.0 Å². The predicted molar refractivity (Wildman–Crippen MR) is 123 cm³/mol. The van der Waals surface area contributed by atoms with Crippen molar-refractivity contribution in [3.05, 3.63) is 108 Å². The molecule has 0 saturated heterocycles. The fraction of sp³-hybridized carbons (Fsp3) is 0.231. The van der Waals surface area contributed by atoms with Gasteiger partial charge in [0.15, 0.2) is 0 Å². The van der Waals surface area contributed by atoms with E-state index >= 15 is 0 Å². The van der Waals surface area contributed by atoms with Crippen LogP contribution in [-0.4, -0.2) is 37.7 Å². The first kappa shape index (κ1) is 20.4. The Morgan fingerprint density at radius 3 is 2.66 bits per heavy atom. The molecule has 6 heteroatoms. The average Bonchev–Trinajstić information content (AvgIpc) is 3.19. The molecular formula is C26H26N4O2. The highest BCUT2D eigenvalue weighted by Crippen LogP contribution is 2.29. The fourth-order valence-electron chi connectivity index (χ4n) is 4.15. The molecule has 1 N–H and O–H groups in total. The molecule has 0 amide bonds. The van der Waals surface area contributed by atoms with Crippen molar-refractivity contribution in [1.82, 2.24) is 19.4 Å². The van der Waals surface area contributed by atoms with Crippen LogP contribution in [0.2, 0.25) is 0 Å². The summed E-state index contributed by atoms with van der Waals surface area (Å²) >= 11 is 0. The van der Waals surface area contributed by atoms with E-state index in [-0.39, 0.29) is 0 Å². The number of ether oxygens (including phenoxy) is 1. The van der Waals surface area contributed by atoms with Gasteiger partial charge in [0.1, 0.15) is 12.4 Å². The average molecular weight is 427 g/mol. The Morgan fingerprint density at radius 1 is 0.969 bits per heavy atom. The number of rotatable bonds is 6. The normalized spacial score (nSPS) is 14.9. The van der Waals surface area contributed by atoms with E-state index in [0.717, 1.165) is 47.8 Å². The smallest absolute Gasteiger partial charge is 0.233 e. The van der Waals surface area contributed by atoms with Crippen LogP contribution in [0.5, 0.6) is 5.75 Å². The maximum atomic E-state index is 10.8. The van der Waals surface area contributed by atoms with Gasteiger partial charge < -0.3 is 9.84 Å². The molecule has 162 valence electrons. The molecule has 1 aliphatic rings. The molecule has 2 aromatic heterocycles. The minimum atomic E-state index is -0.549. The summed E-state index contributed by atoms with van der Waals surface area (Å²) < 4.78 is 8.03. The molecule has 1 aliphatic heterocycles. The molecule has 2 aromatic carbocycles. The predicted octanol–water partition coefficient (Wildman–Crippen LogP) is 3.94. The Hall–Kier alpha value is -3.48. The summed E-state index contributed by atoms with van der Waals surface area (Å²) in [5.41, 5.74) is 4.26. The number of aromatic nitrogens is 3. The molecule has 0 spiro atoms.